The molecule has 1 aromatic heterocycles. The Labute approximate surface area is 119 Å². The van der Waals surface area contributed by atoms with Crippen LogP contribution < -0.4 is 5.73 Å². The monoisotopic (exact) mass is 280 g/mol. The van der Waals surface area contributed by atoms with Crippen molar-refractivity contribution >= 4 is 5.97 Å². The second-order valence-corrected chi connectivity index (χ2v) is 6.71. The molecule has 0 spiro atoms. The third-order valence-corrected chi connectivity index (χ3v) is 4.43. The topological polar surface area (TPSA) is 94.0 Å². The molecule has 1 saturated carbocycles. The summed E-state index contributed by atoms with van der Waals surface area (Å²) in [6.45, 7) is 6.91. The number of nitrogens with two attached hydrogens (primary N) is 1. The molecule has 3 N–H and O–H groups in total. The van der Waals surface area contributed by atoms with Crippen LogP contribution in [0.1, 0.15) is 68.7 Å². The van der Waals surface area contributed by atoms with Crippen LogP contribution in [0, 0.1) is 11.3 Å². The summed E-state index contributed by atoms with van der Waals surface area (Å²) in [5.41, 5.74) is 6.37. The molecule has 0 bridgehead atoms. The highest BCUT2D eigenvalue weighted by molar-refractivity contribution is 5.86. The van der Waals surface area contributed by atoms with Gasteiger partial charge < -0.3 is 10.8 Å². The molecule has 0 saturated heterocycles. The zero-order chi connectivity index (χ0) is 14.9. The van der Waals surface area contributed by atoms with Gasteiger partial charge in [0, 0.05) is 6.54 Å². The molecule has 1 aliphatic rings. The summed E-state index contributed by atoms with van der Waals surface area (Å²) >= 11 is 0. The minimum atomic E-state index is -0.992. The van der Waals surface area contributed by atoms with Crippen LogP contribution in [0.3, 0.4) is 0 Å². The van der Waals surface area contributed by atoms with E-state index in [-0.39, 0.29) is 18.3 Å². The van der Waals surface area contributed by atoms with Gasteiger partial charge in [0.2, 0.25) is 0 Å². The predicted octanol–water partition coefficient (Wildman–Crippen LogP) is 2.21. The van der Waals surface area contributed by atoms with E-state index < -0.39 is 5.97 Å². The number of aromatic nitrogens is 3. The Balaban J connectivity index is 2.15. The summed E-state index contributed by atoms with van der Waals surface area (Å²) in [6.07, 6.45) is 4.11. The number of carboxylic acid groups (broad SMARTS) is 1. The molecule has 20 heavy (non-hydrogen) atoms. The average molecular weight is 280 g/mol. The average Bonchev–Trinajstić information content (AvgIpc) is 2.81. The highest BCUT2D eigenvalue weighted by Gasteiger charge is 2.32. The minimum Gasteiger partial charge on any atom is -0.476 e. The predicted molar refractivity (Wildman–Crippen MR) is 75.3 cm³/mol. The van der Waals surface area contributed by atoms with Gasteiger partial charge in [-0.3, -0.25) is 0 Å². The van der Waals surface area contributed by atoms with Gasteiger partial charge in [0.05, 0.1) is 6.04 Å². The SMILES string of the molecule is CC(C)(C)C1CCC(n2nnc(CN)c2C(=O)O)CC1. The van der Waals surface area contributed by atoms with Crippen molar-refractivity contribution in [2.45, 2.75) is 59.0 Å². The van der Waals surface area contributed by atoms with Crippen molar-refractivity contribution in [3.05, 3.63) is 11.4 Å². The summed E-state index contributed by atoms with van der Waals surface area (Å²) in [4.78, 5) is 11.4. The van der Waals surface area contributed by atoms with Gasteiger partial charge in [-0.05, 0) is 37.0 Å². The first kappa shape index (κ1) is 15.0. The van der Waals surface area contributed by atoms with E-state index in [0.717, 1.165) is 25.7 Å². The number of carboxylic acids is 1. The van der Waals surface area contributed by atoms with Gasteiger partial charge >= 0.3 is 5.97 Å². The normalized spacial score (nSPS) is 23.8. The zero-order valence-electron chi connectivity index (χ0n) is 12.5. The van der Waals surface area contributed by atoms with Crippen LogP contribution in [0.25, 0.3) is 0 Å². The van der Waals surface area contributed by atoms with Gasteiger partial charge in [-0.1, -0.05) is 26.0 Å². The fourth-order valence-electron chi connectivity index (χ4n) is 3.13. The van der Waals surface area contributed by atoms with Crippen molar-refractivity contribution in [3.8, 4) is 0 Å². The van der Waals surface area contributed by atoms with Crippen molar-refractivity contribution in [1.29, 1.82) is 0 Å². The van der Waals surface area contributed by atoms with Crippen LogP contribution in [0.2, 0.25) is 0 Å². The summed E-state index contributed by atoms with van der Waals surface area (Å²) in [5.74, 6) is -0.307. The van der Waals surface area contributed by atoms with E-state index in [2.05, 4.69) is 31.1 Å². The summed E-state index contributed by atoms with van der Waals surface area (Å²) < 4.78 is 1.57. The maximum absolute atomic E-state index is 11.4. The number of aromatic carboxylic acids is 1. The highest BCUT2D eigenvalue weighted by Crippen LogP contribution is 2.41. The Morgan fingerprint density at radius 2 is 1.95 bits per heavy atom. The lowest BCUT2D eigenvalue weighted by molar-refractivity contribution is 0.0671. The first-order chi connectivity index (χ1) is 9.34. The molecule has 1 aliphatic carbocycles. The van der Waals surface area contributed by atoms with E-state index in [1.54, 1.807) is 4.68 Å². The molecule has 0 unspecified atom stereocenters. The fraction of sp³-hybridized carbons (Fsp3) is 0.786. The molecular formula is C14H24N4O2. The Bertz CT molecular complexity index is 482. The molecule has 6 heteroatoms. The van der Waals surface area contributed by atoms with E-state index in [1.165, 1.54) is 0 Å². The number of hydrogen-bond acceptors (Lipinski definition) is 4. The molecule has 1 heterocycles. The van der Waals surface area contributed by atoms with Crippen molar-refractivity contribution in [1.82, 2.24) is 15.0 Å². The first-order valence-corrected chi connectivity index (χ1v) is 7.22. The van der Waals surface area contributed by atoms with Gasteiger partial charge in [0.1, 0.15) is 5.69 Å². The summed E-state index contributed by atoms with van der Waals surface area (Å²) in [6, 6.07) is 0.132. The number of carbonyl (C=O) groups is 1. The largest absolute Gasteiger partial charge is 0.476 e. The van der Waals surface area contributed by atoms with E-state index >= 15 is 0 Å². The lowest BCUT2D eigenvalue weighted by atomic mass is 9.71. The van der Waals surface area contributed by atoms with Crippen LogP contribution in [0.4, 0.5) is 0 Å². The van der Waals surface area contributed by atoms with E-state index in [4.69, 9.17) is 5.73 Å². The summed E-state index contributed by atoms with van der Waals surface area (Å²) in [5, 5.41) is 17.3. The van der Waals surface area contributed by atoms with Gasteiger partial charge in [-0.2, -0.15) is 0 Å². The van der Waals surface area contributed by atoms with E-state index in [1.807, 2.05) is 0 Å². The number of hydrogen-bond donors (Lipinski definition) is 2. The minimum absolute atomic E-state index is 0.110. The number of rotatable bonds is 3. The molecule has 112 valence electrons. The Morgan fingerprint density at radius 3 is 2.40 bits per heavy atom. The van der Waals surface area contributed by atoms with Crippen LogP contribution >= 0.6 is 0 Å². The number of nitrogens with zero attached hydrogens (tertiary/aromatic N) is 3. The molecule has 0 aromatic carbocycles. The second kappa shape index (κ2) is 5.52. The lowest BCUT2D eigenvalue weighted by Crippen LogP contribution is -2.28. The Morgan fingerprint density at radius 1 is 1.35 bits per heavy atom. The molecule has 0 amide bonds. The molecule has 1 aromatic rings. The van der Waals surface area contributed by atoms with E-state index in [0.29, 0.717) is 17.0 Å². The quantitative estimate of drug-likeness (QED) is 0.885. The lowest BCUT2D eigenvalue weighted by Gasteiger charge is -2.37. The standard InChI is InChI=1S/C14H24N4O2/c1-14(2,3)9-4-6-10(7-5-9)18-12(13(19)20)11(8-15)16-17-18/h9-10H,4-8,15H2,1-3H3,(H,19,20). The Kier molecular flexibility index (Phi) is 4.13. The zero-order valence-corrected chi connectivity index (χ0v) is 12.5. The molecule has 2 rings (SSSR count). The molecule has 0 atom stereocenters. The van der Waals surface area contributed by atoms with Gasteiger partial charge in [-0.25, -0.2) is 9.48 Å². The van der Waals surface area contributed by atoms with Gasteiger partial charge in [0.25, 0.3) is 0 Å². The smallest absolute Gasteiger partial charge is 0.356 e. The third kappa shape index (κ3) is 2.85. The van der Waals surface area contributed by atoms with Crippen molar-refractivity contribution in [2.24, 2.45) is 17.1 Å². The van der Waals surface area contributed by atoms with Crippen molar-refractivity contribution in [3.63, 3.8) is 0 Å². The maximum Gasteiger partial charge on any atom is 0.356 e. The Hall–Kier alpha value is -1.43. The van der Waals surface area contributed by atoms with Crippen LogP contribution in [-0.4, -0.2) is 26.1 Å². The van der Waals surface area contributed by atoms with Crippen molar-refractivity contribution in [2.75, 3.05) is 0 Å². The van der Waals surface area contributed by atoms with Crippen LogP contribution in [0.5, 0.6) is 0 Å². The van der Waals surface area contributed by atoms with Crippen LogP contribution in [0.15, 0.2) is 0 Å². The molecule has 0 radical (unpaired) electrons. The molecule has 6 nitrogen and oxygen atoms in total. The van der Waals surface area contributed by atoms with Gasteiger partial charge in [0.15, 0.2) is 5.69 Å². The first-order valence-electron chi connectivity index (χ1n) is 7.22. The molecule has 0 aliphatic heterocycles. The molecular weight excluding hydrogens is 256 g/mol. The fourth-order valence-corrected chi connectivity index (χ4v) is 3.13. The van der Waals surface area contributed by atoms with Gasteiger partial charge in [-0.15, -0.1) is 5.10 Å². The second-order valence-electron chi connectivity index (χ2n) is 6.71. The third-order valence-electron chi connectivity index (χ3n) is 4.43. The summed E-state index contributed by atoms with van der Waals surface area (Å²) in [7, 11) is 0. The molecule has 1 fully saturated rings. The van der Waals surface area contributed by atoms with E-state index in [9.17, 15) is 9.90 Å². The van der Waals surface area contributed by atoms with Crippen molar-refractivity contribution < 1.29 is 9.90 Å². The van der Waals surface area contributed by atoms with Crippen LogP contribution in [-0.2, 0) is 6.54 Å². The maximum atomic E-state index is 11.4. The highest BCUT2D eigenvalue weighted by atomic mass is 16.4.